The van der Waals surface area contributed by atoms with Gasteiger partial charge >= 0.3 is 0 Å². The molecule has 3 unspecified atom stereocenters. The quantitative estimate of drug-likeness (QED) is 0.835. The Kier molecular flexibility index (Phi) is 5.78. The first kappa shape index (κ1) is 18.4. The molecule has 0 radical (unpaired) electrons. The second-order valence-corrected chi connectivity index (χ2v) is 8.35. The number of aliphatic hydroxyl groups is 1. The number of likely N-dealkylation sites (tertiary alicyclic amines) is 1. The Morgan fingerprint density at radius 1 is 1.36 bits per heavy atom. The maximum atomic E-state index is 10.4. The number of aliphatic hydroxyl groups excluding tert-OH is 1. The summed E-state index contributed by atoms with van der Waals surface area (Å²) in [6.07, 6.45) is 2.72. The molecule has 2 heterocycles. The molecule has 0 saturated carbocycles. The standard InChI is InChI=1S/C21H31N3O/c1-16(2)21-10-18(12-23-14-21)13-24(15-21)9-3-4-20(25)19-7-5-17(11-22)6-8-19/h5-8,16,18,20,23,25H,3-4,9-10,12-15H2,1-2H3. The predicted molar refractivity (Wildman–Crippen MR) is 100 cm³/mol. The monoisotopic (exact) mass is 341 g/mol. The van der Waals surface area contributed by atoms with E-state index in [4.69, 9.17) is 5.26 Å². The fraction of sp³-hybridized carbons (Fsp3) is 0.667. The van der Waals surface area contributed by atoms with E-state index in [2.05, 4.69) is 30.1 Å². The van der Waals surface area contributed by atoms with Gasteiger partial charge in [0.25, 0.3) is 0 Å². The van der Waals surface area contributed by atoms with Gasteiger partial charge < -0.3 is 15.3 Å². The molecule has 2 saturated heterocycles. The number of fused-ring (bicyclic) bond motifs is 2. The fourth-order valence-corrected chi connectivity index (χ4v) is 4.62. The molecule has 25 heavy (non-hydrogen) atoms. The normalized spacial score (nSPS) is 27.9. The van der Waals surface area contributed by atoms with Crippen molar-refractivity contribution in [2.24, 2.45) is 17.3 Å². The number of piperidine rings is 2. The van der Waals surface area contributed by atoms with Crippen LogP contribution < -0.4 is 5.32 Å². The van der Waals surface area contributed by atoms with E-state index < -0.39 is 6.10 Å². The summed E-state index contributed by atoms with van der Waals surface area (Å²) in [7, 11) is 0. The first-order chi connectivity index (χ1) is 12.0. The highest BCUT2D eigenvalue weighted by molar-refractivity contribution is 5.32. The average Bonchev–Trinajstić information content (AvgIpc) is 2.61. The molecule has 2 bridgehead atoms. The molecule has 0 aromatic heterocycles. The van der Waals surface area contributed by atoms with E-state index in [1.165, 1.54) is 19.5 Å². The van der Waals surface area contributed by atoms with Crippen LogP contribution >= 0.6 is 0 Å². The molecule has 3 rings (SSSR count). The Morgan fingerprint density at radius 2 is 2.12 bits per heavy atom. The lowest BCUT2D eigenvalue weighted by Crippen LogP contribution is -2.59. The number of hydrogen-bond donors (Lipinski definition) is 2. The van der Waals surface area contributed by atoms with E-state index in [0.717, 1.165) is 44.0 Å². The molecule has 3 atom stereocenters. The predicted octanol–water partition coefficient (Wildman–Crippen LogP) is 2.94. The van der Waals surface area contributed by atoms with Gasteiger partial charge in [0.15, 0.2) is 0 Å². The second kappa shape index (κ2) is 7.86. The number of nitriles is 1. The summed E-state index contributed by atoms with van der Waals surface area (Å²) in [6, 6.07) is 9.42. The first-order valence-electron chi connectivity index (χ1n) is 9.63. The Labute approximate surface area is 151 Å². The maximum Gasteiger partial charge on any atom is 0.0991 e. The summed E-state index contributed by atoms with van der Waals surface area (Å²) >= 11 is 0. The van der Waals surface area contributed by atoms with Gasteiger partial charge in [-0.3, -0.25) is 0 Å². The smallest absolute Gasteiger partial charge is 0.0991 e. The molecule has 2 aliphatic heterocycles. The minimum Gasteiger partial charge on any atom is -0.388 e. The van der Waals surface area contributed by atoms with Crippen molar-refractivity contribution >= 4 is 0 Å². The lowest BCUT2D eigenvalue weighted by atomic mass is 9.66. The van der Waals surface area contributed by atoms with Crippen molar-refractivity contribution in [1.29, 1.82) is 5.26 Å². The van der Waals surface area contributed by atoms with Crippen LogP contribution in [0.1, 0.15) is 50.3 Å². The van der Waals surface area contributed by atoms with Gasteiger partial charge in [-0.15, -0.1) is 0 Å². The van der Waals surface area contributed by atoms with Crippen molar-refractivity contribution < 1.29 is 5.11 Å². The minimum absolute atomic E-state index is 0.424. The second-order valence-electron chi connectivity index (χ2n) is 8.35. The highest BCUT2D eigenvalue weighted by atomic mass is 16.3. The molecule has 1 aromatic rings. The van der Waals surface area contributed by atoms with Crippen LogP contribution in [0.3, 0.4) is 0 Å². The molecular weight excluding hydrogens is 310 g/mol. The van der Waals surface area contributed by atoms with Crippen molar-refractivity contribution in [1.82, 2.24) is 10.2 Å². The van der Waals surface area contributed by atoms with Crippen molar-refractivity contribution in [3.63, 3.8) is 0 Å². The molecular formula is C21H31N3O. The molecule has 1 aromatic carbocycles. The van der Waals surface area contributed by atoms with E-state index >= 15 is 0 Å². The topological polar surface area (TPSA) is 59.3 Å². The minimum atomic E-state index is -0.433. The van der Waals surface area contributed by atoms with Crippen LogP contribution in [0.5, 0.6) is 0 Å². The molecule has 4 nitrogen and oxygen atoms in total. The number of nitrogens with one attached hydrogen (secondary N) is 1. The molecule has 4 heteroatoms. The van der Waals surface area contributed by atoms with Crippen LogP contribution in [-0.2, 0) is 0 Å². The summed E-state index contributed by atoms with van der Waals surface area (Å²) in [5, 5.41) is 22.9. The summed E-state index contributed by atoms with van der Waals surface area (Å²) in [5.41, 5.74) is 1.98. The summed E-state index contributed by atoms with van der Waals surface area (Å²) < 4.78 is 0. The van der Waals surface area contributed by atoms with Crippen LogP contribution in [0.4, 0.5) is 0 Å². The third kappa shape index (κ3) is 4.23. The van der Waals surface area contributed by atoms with Crippen molar-refractivity contribution in [2.45, 2.75) is 39.2 Å². The van der Waals surface area contributed by atoms with Gasteiger partial charge in [0.2, 0.25) is 0 Å². The third-order valence-corrected chi connectivity index (χ3v) is 6.26. The first-order valence-corrected chi connectivity index (χ1v) is 9.63. The highest BCUT2D eigenvalue weighted by Crippen LogP contribution is 2.41. The van der Waals surface area contributed by atoms with Crippen LogP contribution in [-0.4, -0.2) is 42.7 Å². The van der Waals surface area contributed by atoms with E-state index in [1.807, 2.05) is 12.1 Å². The van der Waals surface area contributed by atoms with E-state index in [-0.39, 0.29) is 0 Å². The van der Waals surface area contributed by atoms with Gasteiger partial charge in [-0.05, 0) is 67.3 Å². The Balaban J connectivity index is 1.50. The summed E-state index contributed by atoms with van der Waals surface area (Å²) in [4.78, 5) is 2.63. The zero-order chi connectivity index (χ0) is 17.9. The van der Waals surface area contributed by atoms with Gasteiger partial charge in [-0.1, -0.05) is 26.0 Å². The van der Waals surface area contributed by atoms with Crippen molar-refractivity contribution in [2.75, 3.05) is 32.7 Å². The number of benzene rings is 1. The van der Waals surface area contributed by atoms with E-state index in [0.29, 0.717) is 16.9 Å². The molecule has 2 N–H and O–H groups in total. The molecule has 136 valence electrons. The maximum absolute atomic E-state index is 10.4. The lowest BCUT2D eigenvalue weighted by molar-refractivity contribution is -0.0120. The average molecular weight is 341 g/mol. The summed E-state index contributed by atoms with van der Waals surface area (Å²) in [5.74, 6) is 1.48. The molecule has 0 amide bonds. The van der Waals surface area contributed by atoms with Gasteiger partial charge in [0.1, 0.15) is 0 Å². The number of nitrogens with zero attached hydrogens (tertiary/aromatic N) is 2. The van der Waals surface area contributed by atoms with Gasteiger partial charge in [0, 0.05) is 19.6 Å². The van der Waals surface area contributed by atoms with Gasteiger partial charge in [-0.25, -0.2) is 0 Å². The van der Waals surface area contributed by atoms with E-state index in [1.54, 1.807) is 12.1 Å². The van der Waals surface area contributed by atoms with Crippen LogP contribution in [0, 0.1) is 28.6 Å². The molecule has 0 spiro atoms. The largest absolute Gasteiger partial charge is 0.388 e. The van der Waals surface area contributed by atoms with E-state index in [9.17, 15) is 5.11 Å². The van der Waals surface area contributed by atoms with Gasteiger partial charge in [0.05, 0.1) is 17.7 Å². The van der Waals surface area contributed by atoms with Crippen molar-refractivity contribution in [3.05, 3.63) is 35.4 Å². The molecule has 2 fully saturated rings. The molecule has 2 aliphatic rings. The lowest BCUT2D eigenvalue weighted by Gasteiger charge is -2.52. The van der Waals surface area contributed by atoms with Crippen LogP contribution in [0.25, 0.3) is 0 Å². The van der Waals surface area contributed by atoms with Crippen LogP contribution in [0.15, 0.2) is 24.3 Å². The highest BCUT2D eigenvalue weighted by Gasteiger charge is 2.44. The fourth-order valence-electron chi connectivity index (χ4n) is 4.62. The van der Waals surface area contributed by atoms with Gasteiger partial charge in [-0.2, -0.15) is 5.26 Å². The molecule has 0 aliphatic carbocycles. The number of rotatable bonds is 6. The third-order valence-electron chi connectivity index (χ3n) is 6.26. The Hall–Kier alpha value is -1.41. The van der Waals surface area contributed by atoms with Crippen molar-refractivity contribution in [3.8, 4) is 6.07 Å². The number of hydrogen-bond acceptors (Lipinski definition) is 4. The zero-order valence-electron chi connectivity index (χ0n) is 15.5. The van der Waals surface area contributed by atoms with Crippen LogP contribution in [0.2, 0.25) is 0 Å². The Bertz CT molecular complexity index is 607. The Morgan fingerprint density at radius 3 is 2.80 bits per heavy atom. The zero-order valence-corrected chi connectivity index (χ0v) is 15.5. The summed E-state index contributed by atoms with van der Waals surface area (Å²) in [6.45, 7) is 10.5. The SMILES string of the molecule is CC(C)C12CNCC(CN(CCCC(O)c3ccc(C#N)cc3)C1)C2.